The number of hydrogen-bond donors (Lipinski definition) is 0. The SMILES string of the molecule is O=C(c1nn(-c2cccc(Br)c2)c2c1CCCC2)N(Cc1ccncc1)C1CC1. The molecule has 0 aliphatic heterocycles. The van der Waals surface area contributed by atoms with Crippen LogP contribution >= 0.6 is 15.9 Å². The number of hydrogen-bond acceptors (Lipinski definition) is 3. The van der Waals surface area contributed by atoms with Crippen LogP contribution in [0.15, 0.2) is 53.3 Å². The molecular formula is C23H23BrN4O. The lowest BCUT2D eigenvalue weighted by atomic mass is 9.95. The number of aromatic nitrogens is 3. The summed E-state index contributed by atoms with van der Waals surface area (Å²) in [5.41, 5.74) is 5.09. The second kappa shape index (κ2) is 7.75. The number of carbonyl (C=O) groups excluding carboxylic acids is 1. The highest BCUT2D eigenvalue weighted by molar-refractivity contribution is 9.10. The van der Waals surface area contributed by atoms with Gasteiger partial charge >= 0.3 is 0 Å². The fourth-order valence-electron chi connectivity index (χ4n) is 4.17. The summed E-state index contributed by atoms with van der Waals surface area (Å²) in [6, 6.07) is 12.4. The summed E-state index contributed by atoms with van der Waals surface area (Å²) in [6.07, 6.45) is 9.88. The number of nitrogens with zero attached hydrogens (tertiary/aromatic N) is 4. The van der Waals surface area contributed by atoms with Gasteiger partial charge in [0.25, 0.3) is 5.91 Å². The van der Waals surface area contributed by atoms with Crippen LogP contribution in [0.2, 0.25) is 0 Å². The van der Waals surface area contributed by atoms with E-state index >= 15 is 0 Å². The van der Waals surface area contributed by atoms with Crippen LogP contribution in [0.1, 0.15) is 53.0 Å². The monoisotopic (exact) mass is 450 g/mol. The fourth-order valence-corrected chi connectivity index (χ4v) is 4.55. The van der Waals surface area contributed by atoms with E-state index in [-0.39, 0.29) is 5.91 Å². The zero-order chi connectivity index (χ0) is 19.8. The molecule has 2 aromatic heterocycles. The Bertz CT molecular complexity index is 1040. The minimum atomic E-state index is 0.0659. The molecule has 1 fully saturated rings. The maximum atomic E-state index is 13.6. The Morgan fingerprint density at radius 3 is 2.69 bits per heavy atom. The van der Waals surface area contributed by atoms with E-state index in [0.717, 1.165) is 59.8 Å². The Morgan fingerprint density at radius 1 is 1.14 bits per heavy atom. The molecule has 2 aliphatic rings. The lowest BCUT2D eigenvalue weighted by molar-refractivity contribution is 0.0722. The van der Waals surface area contributed by atoms with E-state index in [1.807, 2.05) is 33.8 Å². The van der Waals surface area contributed by atoms with E-state index < -0.39 is 0 Å². The Morgan fingerprint density at radius 2 is 1.93 bits per heavy atom. The van der Waals surface area contributed by atoms with E-state index in [1.165, 1.54) is 5.69 Å². The van der Waals surface area contributed by atoms with E-state index in [4.69, 9.17) is 5.10 Å². The highest BCUT2D eigenvalue weighted by Crippen LogP contribution is 2.33. The molecule has 0 atom stereocenters. The highest BCUT2D eigenvalue weighted by Gasteiger charge is 2.36. The van der Waals surface area contributed by atoms with Crippen molar-refractivity contribution in [3.05, 3.63) is 75.8 Å². The molecule has 6 heteroatoms. The summed E-state index contributed by atoms with van der Waals surface area (Å²) in [5.74, 6) is 0.0659. The van der Waals surface area contributed by atoms with E-state index in [0.29, 0.717) is 18.3 Å². The second-order valence-corrected chi connectivity index (χ2v) is 8.81. The maximum Gasteiger partial charge on any atom is 0.275 e. The number of halogens is 1. The van der Waals surface area contributed by atoms with Crippen molar-refractivity contribution in [3.8, 4) is 5.69 Å². The maximum absolute atomic E-state index is 13.6. The van der Waals surface area contributed by atoms with Crippen LogP contribution in [0.25, 0.3) is 5.69 Å². The molecule has 2 heterocycles. The Balaban J connectivity index is 1.53. The van der Waals surface area contributed by atoms with Crippen molar-refractivity contribution in [1.82, 2.24) is 19.7 Å². The van der Waals surface area contributed by atoms with Crippen molar-refractivity contribution in [2.45, 2.75) is 51.1 Å². The molecular weight excluding hydrogens is 428 g/mol. The van der Waals surface area contributed by atoms with Crippen LogP contribution in [-0.4, -0.2) is 31.6 Å². The van der Waals surface area contributed by atoms with Crippen LogP contribution in [0.3, 0.4) is 0 Å². The first-order chi connectivity index (χ1) is 14.2. The van der Waals surface area contributed by atoms with Crippen molar-refractivity contribution < 1.29 is 4.79 Å². The molecule has 0 spiro atoms. The molecule has 29 heavy (non-hydrogen) atoms. The average molecular weight is 451 g/mol. The smallest absolute Gasteiger partial charge is 0.275 e. The second-order valence-electron chi connectivity index (χ2n) is 7.89. The third-order valence-electron chi connectivity index (χ3n) is 5.79. The summed E-state index contributed by atoms with van der Waals surface area (Å²) in [4.78, 5) is 19.7. The fraction of sp³-hybridized carbons (Fsp3) is 0.348. The van der Waals surface area contributed by atoms with Gasteiger partial charge in [-0.25, -0.2) is 4.68 Å². The molecule has 0 bridgehead atoms. The van der Waals surface area contributed by atoms with E-state index in [1.54, 1.807) is 12.4 Å². The number of benzene rings is 1. The molecule has 148 valence electrons. The van der Waals surface area contributed by atoms with E-state index in [2.05, 4.69) is 33.0 Å². The predicted molar refractivity (Wildman–Crippen MR) is 115 cm³/mol. The topological polar surface area (TPSA) is 51.0 Å². The van der Waals surface area contributed by atoms with Crippen molar-refractivity contribution in [2.75, 3.05) is 0 Å². The first kappa shape index (κ1) is 18.6. The summed E-state index contributed by atoms with van der Waals surface area (Å²) in [5, 5.41) is 4.87. The summed E-state index contributed by atoms with van der Waals surface area (Å²) < 4.78 is 3.00. The molecule has 3 aromatic rings. The van der Waals surface area contributed by atoms with Gasteiger partial charge in [-0.1, -0.05) is 22.0 Å². The predicted octanol–water partition coefficient (Wildman–Crippen LogP) is 4.71. The molecule has 1 aromatic carbocycles. The summed E-state index contributed by atoms with van der Waals surface area (Å²) in [7, 11) is 0. The summed E-state index contributed by atoms with van der Waals surface area (Å²) in [6.45, 7) is 0.616. The van der Waals surface area contributed by atoms with Gasteiger partial charge in [0.05, 0.1) is 5.69 Å². The third kappa shape index (κ3) is 3.73. The van der Waals surface area contributed by atoms with Gasteiger partial charge in [-0.3, -0.25) is 9.78 Å². The van der Waals surface area contributed by atoms with Crippen LogP contribution < -0.4 is 0 Å². The molecule has 2 aliphatic carbocycles. The normalized spacial score (nSPS) is 15.8. The van der Waals surface area contributed by atoms with Gasteiger partial charge in [0, 0.05) is 40.7 Å². The molecule has 0 unspecified atom stereocenters. The molecule has 0 N–H and O–H groups in total. The number of rotatable bonds is 5. The molecule has 1 saturated carbocycles. The van der Waals surface area contributed by atoms with Gasteiger partial charge in [-0.15, -0.1) is 0 Å². The summed E-state index contributed by atoms with van der Waals surface area (Å²) >= 11 is 3.56. The number of amides is 1. The lowest BCUT2D eigenvalue weighted by Crippen LogP contribution is -2.33. The van der Waals surface area contributed by atoms with Crippen molar-refractivity contribution in [2.24, 2.45) is 0 Å². The van der Waals surface area contributed by atoms with Gasteiger partial charge in [0.2, 0.25) is 0 Å². The largest absolute Gasteiger partial charge is 0.330 e. The van der Waals surface area contributed by atoms with Gasteiger partial charge in [0.15, 0.2) is 5.69 Å². The quantitative estimate of drug-likeness (QED) is 0.565. The van der Waals surface area contributed by atoms with Gasteiger partial charge < -0.3 is 4.90 Å². The zero-order valence-electron chi connectivity index (χ0n) is 16.2. The van der Waals surface area contributed by atoms with E-state index in [9.17, 15) is 4.79 Å². The zero-order valence-corrected chi connectivity index (χ0v) is 17.8. The minimum absolute atomic E-state index is 0.0659. The highest BCUT2D eigenvalue weighted by atomic mass is 79.9. The van der Waals surface area contributed by atoms with Crippen LogP contribution in [0.5, 0.6) is 0 Å². The van der Waals surface area contributed by atoms with Gasteiger partial charge in [-0.2, -0.15) is 5.10 Å². The Labute approximate surface area is 178 Å². The average Bonchev–Trinajstić information content (AvgIpc) is 3.52. The standard InChI is InChI=1S/C23H23BrN4O/c24-17-4-3-5-19(14-17)28-21-7-2-1-6-20(21)22(26-28)23(29)27(18-8-9-18)15-16-10-12-25-13-11-16/h3-5,10-14,18H,1-2,6-9,15H2. The number of fused-ring (bicyclic) bond motifs is 1. The molecule has 0 saturated heterocycles. The van der Waals surface area contributed by atoms with Crippen LogP contribution in [0, 0.1) is 0 Å². The third-order valence-corrected chi connectivity index (χ3v) is 6.28. The molecule has 1 amide bonds. The lowest BCUT2D eigenvalue weighted by Gasteiger charge is -2.22. The molecule has 0 radical (unpaired) electrons. The van der Waals surface area contributed by atoms with Crippen molar-refractivity contribution >= 4 is 21.8 Å². The molecule has 5 rings (SSSR count). The number of pyridine rings is 1. The first-order valence-electron chi connectivity index (χ1n) is 10.3. The number of carbonyl (C=O) groups is 1. The Hall–Kier alpha value is -2.47. The van der Waals surface area contributed by atoms with Gasteiger partial charge in [-0.05, 0) is 74.4 Å². The Kier molecular flexibility index (Phi) is 4.96. The van der Waals surface area contributed by atoms with Crippen molar-refractivity contribution in [3.63, 3.8) is 0 Å². The van der Waals surface area contributed by atoms with Gasteiger partial charge in [0.1, 0.15) is 0 Å². The minimum Gasteiger partial charge on any atom is -0.330 e. The van der Waals surface area contributed by atoms with Crippen LogP contribution in [-0.2, 0) is 19.4 Å². The van der Waals surface area contributed by atoms with Crippen LogP contribution in [0.4, 0.5) is 0 Å². The first-order valence-corrected chi connectivity index (χ1v) is 11.1. The molecule has 5 nitrogen and oxygen atoms in total. The van der Waals surface area contributed by atoms with Crippen molar-refractivity contribution in [1.29, 1.82) is 0 Å².